The van der Waals surface area contributed by atoms with Crippen LogP contribution in [0.15, 0.2) is 22.3 Å². The van der Waals surface area contributed by atoms with Gasteiger partial charge in [0.15, 0.2) is 9.76 Å². The maximum atomic E-state index is 5.54. The molecule has 0 saturated heterocycles. The van der Waals surface area contributed by atoms with E-state index in [1.165, 1.54) is 22.3 Å². The van der Waals surface area contributed by atoms with Crippen LogP contribution in [0, 0.1) is 0 Å². The molecular formula is C11H22OSi. The van der Waals surface area contributed by atoms with Gasteiger partial charge in [-0.2, -0.15) is 0 Å². The van der Waals surface area contributed by atoms with Gasteiger partial charge in [0.2, 0.25) is 0 Å². The highest BCUT2D eigenvalue weighted by Crippen LogP contribution is 2.31. The summed E-state index contributed by atoms with van der Waals surface area (Å²) in [5.74, 6) is 0. The highest BCUT2D eigenvalue weighted by Gasteiger charge is 2.14. The lowest BCUT2D eigenvalue weighted by Crippen LogP contribution is -1.99. The Morgan fingerprint density at radius 1 is 1.23 bits per heavy atom. The third-order valence-corrected chi connectivity index (χ3v) is 3.30. The highest BCUT2D eigenvalue weighted by atomic mass is 28.2. The Balaban J connectivity index is 0.00000144. The molecule has 1 aliphatic rings. The Bertz CT molecular complexity index is 238. The van der Waals surface area contributed by atoms with Crippen molar-refractivity contribution in [3.63, 3.8) is 0 Å². The molecule has 0 aliphatic heterocycles. The standard InChI is InChI=1S/C10H18OSi.CH4/c1-7-5-10(6-11-12-4)9(3)8(7)2;/h5-6,12H2,1-4H3;1H4. The smallest absolute Gasteiger partial charge is 0.159 e. The van der Waals surface area contributed by atoms with Gasteiger partial charge in [-0.25, -0.2) is 0 Å². The maximum absolute atomic E-state index is 5.54. The summed E-state index contributed by atoms with van der Waals surface area (Å²) in [5.41, 5.74) is 5.96. The van der Waals surface area contributed by atoms with Crippen molar-refractivity contribution in [2.45, 2.75) is 41.2 Å². The fraction of sp³-hybridized carbons (Fsp3) is 0.636. The zero-order valence-electron chi connectivity index (χ0n) is 8.53. The summed E-state index contributed by atoms with van der Waals surface area (Å²) < 4.78 is 5.54. The fourth-order valence-corrected chi connectivity index (χ4v) is 2.01. The van der Waals surface area contributed by atoms with Gasteiger partial charge >= 0.3 is 0 Å². The Labute approximate surface area is 84.8 Å². The lowest BCUT2D eigenvalue weighted by molar-refractivity contribution is 0.373. The van der Waals surface area contributed by atoms with Crippen molar-refractivity contribution in [2.75, 3.05) is 6.61 Å². The Morgan fingerprint density at radius 2 is 1.85 bits per heavy atom. The SMILES string of the molecule is C.C[SiH2]OCC1=C(C)C(C)=C(C)C1. The molecule has 13 heavy (non-hydrogen) atoms. The molecular weight excluding hydrogens is 176 g/mol. The van der Waals surface area contributed by atoms with Crippen molar-refractivity contribution >= 4 is 9.76 Å². The van der Waals surface area contributed by atoms with Crippen molar-refractivity contribution in [2.24, 2.45) is 0 Å². The molecule has 1 rings (SSSR count). The molecule has 0 radical (unpaired) electrons. The zero-order valence-corrected chi connectivity index (χ0v) is 9.94. The van der Waals surface area contributed by atoms with Crippen molar-refractivity contribution < 1.29 is 4.43 Å². The van der Waals surface area contributed by atoms with Gasteiger partial charge in [-0.1, -0.05) is 19.5 Å². The number of allylic oxidation sites excluding steroid dienone is 3. The predicted molar refractivity (Wildman–Crippen MR) is 62.8 cm³/mol. The average Bonchev–Trinajstić information content (AvgIpc) is 2.30. The van der Waals surface area contributed by atoms with Crippen LogP contribution in [-0.2, 0) is 4.43 Å². The first kappa shape index (κ1) is 12.7. The first-order valence-electron chi connectivity index (χ1n) is 4.60. The summed E-state index contributed by atoms with van der Waals surface area (Å²) in [7, 11) is -0.229. The molecule has 1 nitrogen and oxygen atoms in total. The molecule has 1 aliphatic carbocycles. The van der Waals surface area contributed by atoms with E-state index in [2.05, 4.69) is 27.3 Å². The van der Waals surface area contributed by atoms with Gasteiger partial charge in [0.25, 0.3) is 0 Å². The third-order valence-electron chi connectivity index (χ3n) is 2.69. The molecule has 0 atom stereocenters. The van der Waals surface area contributed by atoms with Crippen molar-refractivity contribution in [1.82, 2.24) is 0 Å². The van der Waals surface area contributed by atoms with E-state index in [9.17, 15) is 0 Å². The van der Waals surface area contributed by atoms with Gasteiger partial charge in [0, 0.05) is 0 Å². The van der Waals surface area contributed by atoms with Gasteiger partial charge in [0.05, 0.1) is 6.61 Å². The van der Waals surface area contributed by atoms with Crippen LogP contribution in [0.25, 0.3) is 0 Å². The minimum atomic E-state index is -0.229. The molecule has 0 spiro atoms. The Kier molecular flexibility index (Phi) is 5.26. The van der Waals surface area contributed by atoms with E-state index in [1.807, 2.05) is 0 Å². The van der Waals surface area contributed by atoms with E-state index in [0.717, 1.165) is 13.0 Å². The Morgan fingerprint density at radius 3 is 2.23 bits per heavy atom. The van der Waals surface area contributed by atoms with Crippen LogP contribution < -0.4 is 0 Å². The van der Waals surface area contributed by atoms with Crippen LogP contribution in [0.2, 0.25) is 6.55 Å². The van der Waals surface area contributed by atoms with Crippen molar-refractivity contribution in [3.8, 4) is 0 Å². The molecule has 0 amide bonds. The molecule has 0 unspecified atom stereocenters. The molecule has 0 bridgehead atoms. The van der Waals surface area contributed by atoms with Crippen LogP contribution in [0.1, 0.15) is 34.6 Å². The minimum absolute atomic E-state index is 0. The average molecular weight is 198 g/mol. The molecule has 0 aromatic carbocycles. The lowest BCUT2D eigenvalue weighted by atomic mass is 10.1. The van der Waals surface area contributed by atoms with Crippen molar-refractivity contribution in [3.05, 3.63) is 22.3 Å². The minimum Gasteiger partial charge on any atom is -0.420 e. The maximum Gasteiger partial charge on any atom is 0.159 e. The van der Waals surface area contributed by atoms with Gasteiger partial charge < -0.3 is 4.43 Å². The highest BCUT2D eigenvalue weighted by molar-refractivity contribution is 6.24. The zero-order chi connectivity index (χ0) is 9.14. The molecule has 0 saturated carbocycles. The van der Waals surface area contributed by atoms with E-state index in [0.29, 0.717) is 0 Å². The molecule has 0 heterocycles. The number of hydrogen-bond donors (Lipinski definition) is 0. The molecule has 76 valence electrons. The van der Waals surface area contributed by atoms with E-state index in [4.69, 9.17) is 4.43 Å². The van der Waals surface area contributed by atoms with Crippen LogP contribution >= 0.6 is 0 Å². The monoisotopic (exact) mass is 198 g/mol. The molecule has 0 aromatic heterocycles. The summed E-state index contributed by atoms with van der Waals surface area (Å²) in [4.78, 5) is 0. The number of rotatable bonds is 3. The summed E-state index contributed by atoms with van der Waals surface area (Å²) in [6, 6.07) is 0. The molecule has 2 heteroatoms. The fourth-order valence-electron chi connectivity index (χ4n) is 1.56. The van der Waals surface area contributed by atoms with Crippen LogP contribution in [-0.4, -0.2) is 16.4 Å². The first-order chi connectivity index (χ1) is 5.66. The van der Waals surface area contributed by atoms with Crippen LogP contribution in [0.3, 0.4) is 0 Å². The van der Waals surface area contributed by atoms with E-state index in [-0.39, 0.29) is 17.2 Å². The summed E-state index contributed by atoms with van der Waals surface area (Å²) in [6.07, 6.45) is 1.14. The second-order valence-corrected chi connectivity index (χ2v) is 4.43. The predicted octanol–water partition coefficient (Wildman–Crippen LogP) is 2.83. The van der Waals surface area contributed by atoms with Crippen LogP contribution in [0.4, 0.5) is 0 Å². The second kappa shape index (κ2) is 5.40. The van der Waals surface area contributed by atoms with Gasteiger partial charge in [-0.05, 0) is 43.9 Å². The first-order valence-corrected chi connectivity index (χ1v) is 6.59. The quantitative estimate of drug-likeness (QED) is 0.634. The molecule has 0 N–H and O–H groups in total. The largest absolute Gasteiger partial charge is 0.420 e. The van der Waals surface area contributed by atoms with Crippen molar-refractivity contribution in [1.29, 1.82) is 0 Å². The summed E-state index contributed by atoms with van der Waals surface area (Å²) in [6.45, 7) is 9.69. The molecule has 0 fully saturated rings. The van der Waals surface area contributed by atoms with E-state index < -0.39 is 0 Å². The lowest BCUT2D eigenvalue weighted by Gasteiger charge is -2.04. The third kappa shape index (κ3) is 2.81. The second-order valence-electron chi connectivity index (χ2n) is 3.45. The normalized spacial score (nSPS) is 17.5. The topological polar surface area (TPSA) is 9.23 Å². The molecule has 0 aromatic rings. The van der Waals surface area contributed by atoms with E-state index >= 15 is 0 Å². The van der Waals surface area contributed by atoms with Gasteiger partial charge in [0.1, 0.15) is 0 Å². The Hall–Kier alpha value is -0.343. The summed E-state index contributed by atoms with van der Waals surface area (Å²) >= 11 is 0. The van der Waals surface area contributed by atoms with E-state index in [1.54, 1.807) is 0 Å². The van der Waals surface area contributed by atoms with Crippen LogP contribution in [0.5, 0.6) is 0 Å². The van der Waals surface area contributed by atoms with Gasteiger partial charge in [-0.15, -0.1) is 0 Å². The van der Waals surface area contributed by atoms with Gasteiger partial charge in [-0.3, -0.25) is 0 Å². The number of hydrogen-bond acceptors (Lipinski definition) is 1. The summed E-state index contributed by atoms with van der Waals surface area (Å²) in [5, 5.41) is 0.